The molecule has 0 saturated heterocycles. The highest BCUT2D eigenvalue weighted by molar-refractivity contribution is 9.10. The molecule has 0 saturated carbocycles. The second kappa shape index (κ2) is 8.10. The van der Waals surface area contributed by atoms with Crippen molar-refractivity contribution in [2.75, 3.05) is 0 Å². The fourth-order valence-electron chi connectivity index (χ4n) is 3.22. The zero-order valence-electron chi connectivity index (χ0n) is 16.1. The fraction of sp³-hybridized carbons (Fsp3) is 0. The first-order valence-electron chi connectivity index (χ1n) is 9.29. The van der Waals surface area contributed by atoms with Crippen LogP contribution in [0.1, 0.15) is 5.76 Å². The van der Waals surface area contributed by atoms with Crippen molar-refractivity contribution < 1.29 is 13.8 Å². The maximum absolute atomic E-state index is 11.2. The number of furan rings is 2. The van der Waals surface area contributed by atoms with Crippen molar-refractivity contribution in [3.63, 3.8) is 0 Å². The molecule has 4 heterocycles. The summed E-state index contributed by atoms with van der Waals surface area (Å²) in [4.78, 5) is 19.8. The summed E-state index contributed by atoms with van der Waals surface area (Å²) in [5.74, 6) is 2.08. The fourth-order valence-corrected chi connectivity index (χ4v) is 3.74. The number of imidazole rings is 1. The number of nitro groups is 1. The van der Waals surface area contributed by atoms with Gasteiger partial charge in [0.2, 0.25) is 0 Å². The van der Waals surface area contributed by atoms with Crippen LogP contribution in [0.5, 0.6) is 0 Å². The molecule has 0 amide bonds. The molecule has 5 aromatic rings. The van der Waals surface area contributed by atoms with Crippen LogP contribution in [0.25, 0.3) is 28.4 Å². The summed E-state index contributed by atoms with van der Waals surface area (Å²) >= 11 is 9.36. The van der Waals surface area contributed by atoms with Crippen molar-refractivity contribution in [2.45, 2.75) is 0 Å². The Morgan fingerprint density at radius 3 is 2.81 bits per heavy atom. The third kappa shape index (κ3) is 3.72. The van der Waals surface area contributed by atoms with Crippen LogP contribution in [0.15, 0.2) is 85.4 Å². The Labute approximate surface area is 194 Å². The van der Waals surface area contributed by atoms with Crippen LogP contribution in [0.3, 0.4) is 0 Å². The molecule has 0 N–H and O–H groups in total. The number of aliphatic imine (C=N–C) groups is 1. The van der Waals surface area contributed by atoms with Crippen molar-refractivity contribution in [1.29, 1.82) is 0 Å². The SMILES string of the molecule is O=[N+]([O-])c1cc(-c2ccc(C=Nc3c(-c4ccco4)nc4ccc(Br)cn34)o2)ccc1Cl. The van der Waals surface area contributed by atoms with Gasteiger partial charge in [-0.1, -0.05) is 11.6 Å². The largest absolute Gasteiger partial charge is 0.463 e. The molecule has 5 rings (SSSR count). The number of halogens is 2. The lowest BCUT2D eigenvalue weighted by molar-refractivity contribution is -0.384. The molecule has 4 aromatic heterocycles. The first-order chi connectivity index (χ1) is 15.5. The molecule has 0 aliphatic heterocycles. The van der Waals surface area contributed by atoms with Gasteiger partial charge >= 0.3 is 0 Å². The minimum absolute atomic E-state index is 0.0660. The second-order valence-corrected chi connectivity index (χ2v) is 8.04. The molecule has 0 aliphatic carbocycles. The third-order valence-electron chi connectivity index (χ3n) is 4.68. The molecule has 158 valence electrons. The van der Waals surface area contributed by atoms with Gasteiger partial charge in [0, 0.05) is 22.3 Å². The third-order valence-corrected chi connectivity index (χ3v) is 5.47. The van der Waals surface area contributed by atoms with E-state index in [-0.39, 0.29) is 10.7 Å². The number of nitro benzene ring substituents is 1. The normalized spacial score (nSPS) is 11.6. The minimum Gasteiger partial charge on any atom is -0.463 e. The predicted octanol–water partition coefficient (Wildman–Crippen LogP) is 6.93. The molecule has 0 unspecified atom stereocenters. The summed E-state index contributed by atoms with van der Waals surface area (Å²) in [6.07, 6.45) is 5.00. The summed E-state index contributed by atoms with van der Waals surface area (Å²) in [6.45, 7) is 0. The van der Waals surface area contributed by atoms with E-state index in [0.29, 0.717) is 40.0 Å². The molecule has 0 fully saturated rings. The number of hydrogen-bond donors (Lipinski definition) is 0. The van der Waals surface area contributed by atoms with E-state index in [9.17, 15) is 10.1 Å². The lowest BCUT2D eigenvalue weighted by Gasteiger charge is -2.00. The zero-order valence-corrected chi connectivity index (χ0v) is 18.4. The molecule has 10 heteroatoms. The molecule has 1 aromatic carbocycles. The Kier molecular flexibility index (Phi) is 5.12. The molecule has 0 atom stereocenters. The van der Waals surface area contributed by atoms with Crippen molar-refractivity contribution in [3.05, 3.63) is 92.4 Å². The monoisotopic (exact) mass is 510 g/mol. The average molecular weight is 512 g/mol. The van der Waals surface area contributed by atoms with Crippen molar-refractivity contribution in [1.82, 2.24) is 9.38 Å². The summed E-state index contributed by atoms with van der Waals surface area (Å²) < 4.78 is 14.1. The van der Waals surface area contributed by atoms with E-state index in [2.05, 4.69) is 25.9 Å². The van der Waals surface area contributed by atoms with Crippen LogP contribution < -0.4 is 0 Å². The Morgan fingerprint density at radius 2 is 2.03 bits per heavy atom. The first-order valence-corrected chi connectivity index (χ1v) is 10.5. The highest BCUT2D eigenvalue weighted by atomic mass is 79.9. The predicted molar refractivity (Wildman–Crippen MR) is 124 cm³/mol. The van der Waals surface area contributed by atoms with E-state index in [1.165, 1.54) is 12.1 Å². The van der Waals surface area contributed by atoms with Crippen LogP contribution >= 0.6 is 27.5 Å². The molecule has 32 heavy (non-hydrogen) atoms. The van der Waals surface area contributed by atoms with E-state index in [4.69, 9.17) is 20.4 Å². The van der Waals surface area contributed by atoms with E-state index < -0.39 is 4.92 Å². The number of fused-ring (bicyclic) bond motifs is 1. The van der Waals surface area contributed by atoms with Crippen LogP contribution in [-0.4, -0.2) is 20.5 Å². The first kappa shape index (κ1) is 20.2. The van der Waals surface area contributed by atoms with Crippen LogP contribution in [-0.2, 0) is 0 Å². The quantitative estimate of drug-likeness (QED) is 0.145. The van der Waals surface area contributed by atoms with E-state index >= 15 is 0 Å². The zero-order chi connectivity index (χ0) is 22.2. The van der Waals surface area contributed by atoms with Gasteiger partial charge in [-0.15, -0.1) is 0 Å². The van der Waals surface area contributed by atoms with E-state index in [0.717, 1.165) is 4.47 Å². The number of nitrogens with zero attached hydrogens (tertiary/aromatic N) is 4. The van der Waals surface area contributed by atoms with Crippen molar-refractivity contribution in [3.8, 4) is 22.8 Å². The number of benzene rings is 1. The summed E-state index contributed by atoms with van der Waals surface area (Å²) in [5.41, 5.74) is 1.65. The lowest BCUT2D eigenvalue weighted by atomic mass is 10.1. The van der Waals surface area contributed by atoms with Crippen LogP contribution in [0, 0.1) is 10.1 Å². The summed E-state index contributed by atoms with van der Waals surface area (Å²) in [6, 6.07) is 15.3. The average Bonchev–Trinajstić information content (AvgIpc) is 3.52. The van der Waals surface area contributed by atoms with Gasteiger partial charge < -0.3 is 8.83 Å². The lowest BCUT2D eigenvalue weighted by Crippen LogP contribution is -1.89. The van der Waals surface area contributed by atoms with Gasteiger partial charge in [-0.25, -0.2) is 9.98 Å². The van der Waals surface area contributed by atoms with Crippen molar-refractivity contribution >= 4 is 50.9 Å². The second-order valence-electron chi connectivity index (χ2n) is 6.72. The highest BCUT2D eigenvalue weighted by Crippen LogP contribution is 2.33. The summed E-state index contributed by atoms with van der Waals surface area (Å²) in [5, 5.41) is 11.2. The molecule has 8 nitrogen and oxygen atoms in total. The minimum atomic E-state index is -0.532. The number of aromatic nitrogens is 2. The van der Waals surface area contributed by atoms with Crippen molar-refractivity contribution in [2.24, 2.45) is 4.99 Å². The highest BCUT2D eigenvalue weighted by Gasteiger charge is 2.17. The molecule has 0 aliphatic rings. The Morgan fingerprint density at radius 1 is 1.16 bits per heavy atom. The van der Waals surface area contributed by atoms with Gasteiger partial charge in [0.1, 0.15) is 22.2 Å². The molecular formula is C22H12BrClN4O4. The number of pyridine rings is 1. The smallest absolute Gasteiger partial charge is 0.288 e. The van der Waals surface area contributed by atoms with E-state index in [1.54, 1.807) is 36.7 Å². The Balaban J connectivity index is 1.53. The van der Waals surface area contributed by atoms with Gasteiger partial charge in [-0.2, -0.15) is 0 Å². The molecule has 0 radical (unpaired) electrons. The van der Waals surface area contributed by atoms with Crippen LogP contribution in [0.2, 0.25) is 5.02 Å². The van der Waals surface area contributed by atoms with Crippen LogP contribution in [0.4, 0.5) is 11.5 Å². The maximum Gasteiger partial charge on any atom is 0.288 e. The number of hydrogen-bond acceptors (Lipinski definition) is 6. The molecular weight excluding hydrogens is 500 g/mol. The standard InChI is InChI=1S/C22H12BrClN4O4/c23-14-4-8-20-26-21(19-2-1-9-31-19)22(27(20)12-14)25-11-15-5-7-18(32-15)13-3-6-16(24)17(10-13)28(29)30/h1-12H. The Bertz CT molecular complexity index is 1490. The topological polar surface area (TPSA) is 99.1 Å². The number of rotatable bonds is 5. The van der Waals surface area contributed by atoms with Gasteiger partial charge in [0.15, 0.2) is 17.3 Å². The van der Waals surface area contributed by atoms with Gasteiger partial charge in [-0.3, -0.25) is 14.5 Å². The van der Waals surface area contributed by atoms with Gasteiger partial charge in [0.25, 0.3) is 5.69 Å². The Hall–Kier alpha value is -3.69. The molecule has 0 bridgehead atoms. The van der Waals surface area contributed by atoms with Gasteiger partial charge in [0.05, 0.1) is 17.4 Å². The van der Waals surface area contributed by atoms with Gasteiger partial charge in [-0.05, 0) is 64.5 Å². The van der Waals surface area contributed by atoms with E-state index in [1.807, 2.05) is 28.8 Å². The maximum atomic E-state index is 11.2. The summed E-state index contributed by atoms with van der Waals surface area (Å²) in [7, 11) is 0. The molecule has 0 spiro atoms.